The smallest absolute Gasteiger partial charge is 0.381 e. The Morgan fingerprint density at radius 3 is 2.59 bits per heavy atom. The molecular weight excluding hydrogens is 381 g/mol. The first-order chi connectivity index (χ1) is 13.9. The van der Waals surface area contributed by atoms with Gasteiger partial charge in [-0.25, -0.2) is 9.97 Å². The lowest BCUT2D eigenvalue weighted by Crippen LogP contribution is -2.27. The lowest BCUT2D eigenvalue weighted by Gasteiger charge is -2.27. The normalized spacial score (nSPS) is 20.8. The van der Waals surface area contributed by atoms with E-state index in [0.29, 0.717) is 17.8 Å². The van der Waals surface area contributed by atoms with Gasteiger partial charge >= 0.3 is 6.18 Å². The zero-order chi connectivity index (χ0) is 20.4. The summed E-state index contributed by atoms with van der Waals surface area (Å²) in [6, 6.07) is 6.44. The van der Waals surface area contributed by atoms with Crippen molar-refractivity contribution in [3.8, 4) is 0 Å². The van der Waals surface area contributed by atoms with Gasteiger partial charge in [0, 0.05) is 32.0 Å². The number of aromatic nitrogens is 2. The van der Waals surface area contributed by atoms with E-state index in [0.717, 1.165) is 75.2 Å². The van der Waals surface area contributed by atoms with E-state index >= 15 is 0 Å². The summed E-state index contributed by atoms with van der Waals surface area (Å²) in [6.07, 6.45) is 0.841. The summed E-state index contributed by atoms with van der Waals surface area (Å²) in [6.45, 7) is 4.56. The second-order valence-electron chi connectivity index (χ2n) is 7.77. The van der Waals surface area contributed by atoms with Crippen molar-refractivity contribution in [1.29, 1.82) is 0 Å². The Bertz CT molecular complexity index is 852. The summed E-state index contributed by atoms with van der Waals surface area (Å²) in [5.74, 6) is 1.89. The third-order valence-electron chi connectivity index (χ3n) is 5.72. The lowest BCUT2D eigenvalue weighted by atomic mass is 9.92. The molecule has 2 aliphatic rings. The van der Waals surface area contributed by atoms with Gasteiger partial charge in [-0.1, -0.05) is 0 Å². The number of pyridine rings is 2. The van der Waals surface area contributed by atoms with Crippen LogP contribution in [0.4, 0.5) is 30.6 Å². The number of nitrogens with one attached hydrogen (secondary N) is 1. The van der Waals surface area contributed by atoms with Crippen molar-refractivity contribution in [2.45, 2.75) is 50.7 Å². The Morgan fingerprint density at radius 2 is 1.90 bits per heavy atom. The molecule has 0 aromatic carbocycles. The molecule has 0 aliphatic carbocycles. The van der Waals surface area contributed by atoms with Gasteiger partial charge in [-0.15, -0.1) is 0 Å². The Balaban J connectivity index is 1.66. The Morgan fingerprint density at radius 1 is 1.10 bits per heavy atom. The molecular formula is C21H25F3N4O. The number of nitrogens with zero attached hydrogens (tertiary/aromatic N) is 3. The highest BCUT2D eigenvalue weighted by atomic mass is 19.4. The van der Waals surface area contributed by atoms with Gasteiger partial charge in [0.2, 0.25) is 0 Å². The molecule has 2 aromatic rings. The SMILES string of the molecule is CC1CCCN1c1cc(C2CCOCC2)cc(Nc2cc(C(F)(F)F)ccn2)n1. The third-order valence-corrected chi connectivity index (χ3v) is 5.72. The molecule has 0 radical (unpaired) electrons. The Labute approximate surface area is 168 Å². The van der Waals surface area contributed by atoms with Gasteiger partial charge in [0.05, 0.1) is 5.56 Å². The van der Waals surface area contributed by atoms with Crippen LogP contribution in [0, 0.1) is 0 Å². The maximum Gasteiger partial charge on any atom is 0.416 e. The number of hydrogen-bond donors (Lipinski definition) is 1. The molecule has 2 aromatic heterocycles. The van der Waals surface area contributed by atoms with Crippen molar-refractivity contribution >= 4 is 17.5 Å². The second-order valence-corrected chi connectivity index (χ2v) is 7.77. The van der Waals surface area contributed by atoms with Crippen LogP contribution in [0.2, 0.25) is 0 Å². The summed E-state index contributed by atoms with van der Waals surface area (Å²) >= 11 is 0. The van der Waals surface area contributed by atoms with E-state index in [-0.39, 0.29) is 5.82 Å². The Hall–Kier alpha value is -2.35. The standard InChI is InChI=1S/C21H25F3N4O/c1-14-3-2-8-28(14)20-12-16(15-5-9-29-10-6-15)11-19(27-20)26-18-13-17(4-7-25-18)21(22,23)24/h4,7,11-15H,2-3,5-6,8-10H2,1H3,(H,25,26,27). The summed E-state index contributed by atoms with van der Waals surface area (Å²) in [5.41, 5.74) is 0.413. The van der Waals surface area contributed by atoms with Gasteiger partial charge in [0.15, 0.2) is 0 Å². The van der Waals surface area contributed by atoms with Crippen LogP contribution in [0.3, 0.4) is 0 Å². The summed E-state index contributed by atoms with van der Waals surface area (Å²) in [7, 11) is 0. The van der Waals surface area contributed by atoms with Crippen LogP contribution in [0.15, 0.2) is 30.5 Å². The van der Waals surface area contributed by atoms with Crippen LogP contribution >= 0.6 is 0 Å². The highest BCUT2D eigenvalue weighted by molar-refractivity contribution is 5.59. The topological polar surface area (TPSA) is 50.3 Å². The maximum atomic E-state index is 13.0. The number of anilines is 3. The quantitative estimate of drug-likeness (QED) is 0.764. The second kappa shape index (κ2) is 8.18. The van der Waals surface area contributed by atoms with Crippen LogP contribution in [-0.4, -0.2) is 35.8 Å². The molecule has 29 heavy (non-hydrogen) atoms. The molecule has 8 heteroatoms. The molecule has 0 spiro atoms. The van der Waals surface area contributed by atoms with Crippen molar-refractivity contribution in [2.75, 3.05) is 30.0 Å². The number of halogens is 3. The predicted molar refractivity (Wildman–Crippen MR) is 106 cm³/mol. The van der Waals surface area contributed by atoms with Gasteiger partial charge in [0.1, 0.15) is 17.5 Å². The van der Waals surface area contributed by atoms with E-state index in [1.54, 1.807) is 0 Å². The van der Waals surface area contributed by atoms with Crippen LogP contribution < -0.4 is 10.2 Å². The molecule has 1 atom stereocenters. The monoisotopic (exact) mass is 406 g/mol. The fourth-order valence-corrected chi connectivity index (χ4v) is 4.09. The van der Waals surface area contributed by atoms with Crippen LogP contribution in [0.5, 0.6) is 0 Å². The molecule has 1 unspecified atom stereocenters. The average Bonchev–Trinajstić information content (AvgIpc) is 3.14. The van der Waals surface area contributed by atoms with E-state index in [1.807, 2.05) is 6.07 Å². The largest absolute Gasteiger partial charge is 0.416 e. The lowest BCUT2D eigenvalue weighted by molar-refractivity contribution is -0.137. The van der Waals surface area contributed by atoms with Crippen LogP contribution in [0.1, 0.15) is 49.7 Å². The van der Waals surface area contributed by atoms with E-state index in [9.17, 15) is 13.2 Å². The number of rotatable bonds is 4. The minimum absolute atomic E-state index is 0.136. The molecule has 4 rings (SSSR count). The molecule has 4 heterocycles. The zero-order valence-electron chi connectivity index (χ0n) is 16.4. The molecule has 156 valence electrons. The number of hydrogen-bond acceptors (Lipinski definition) is 5. The van der Waals surface area contributed by atoms with E-state index in [2.05, 4.69) is 28.2 Å². The predicted octanol–water partition coefficient (Wildman–Crippen LogP) is 5.12. The van der Waals surface area contributed by atoms with Gasteiger partial charge < -0.3 is 15.0 Å². The first-order valence-corrected chi connectivity index (χ1v) is 10.1. The molecule has 2 aliphatic heterocycles. The van der Waals surface area contributed by atoms with Crippen LogP contribution in [-0.2, 0) is 10.9 Å². The third kappa shape index (κ3) is 4.63. The van der Waals surface area contributed by atoms with Gasteiger partial charge in [-0.2, -0.15) is 13.2 Å². The molecule has 2 saturated heterocycles. The van der Waals surface area contributed by atoms with Crippen molar-refractivity contribution < 1.29 is 17.9 Å². The molecule has 0 saturated carbocycles. The summed E-state index contributed by atoms with van der Waals surface area (Å²) in [4.78, 5) is 11.0. The van der Waals surface area contributed by atoms with Crippen molar-refractivity contribution in [1.82, 2.24) is 9.97 Å². The first-order valence-electron chi connectivity index (χ1n) is 10.1. The first kappa shape index (κ1) is 19.9. The van der Waals surface area contributed by atoms with Crippen molar-refractivity contribution in [2.24, 2.45) is 0 Å². The number of ether oxygens (including phenoxy) is 1. The van der Waals surface area contributed by atoms with Crippen molar-refractivity contribution in [3.05, 3.63) is 41.6 Å². The van der Waals surface area contributed by atoms with Crippen LogP contribution in [0.25, 0.3) is 0 Å². The van der Waals surface area contributed by atoms with Gasteiger partial charge in [-0.3, -0.25) is 0 Å². The van der Waals surface area contributed by atoms with E-state index in [4.69, 9.17) is 9.72 Å². The maximum absolute atomic E-state index is 13.0. The minimum atomic E-state index is -4.41. The minimum Gasteiger partial charge on any atom is -0.381 e. The highest BCUT2D eigenvalue weighted by Gasteiger charge is 2.31. The fourth-order valence-electron chi connectivity index (χ4n) is 4.09. The Kier molecular flexibility index (Phi) is 5.63. The molecule has 0 amide bonds. The van der Waals surface area contributed by atoms with Crippen molar-refractivity contribution in [3.63, 3.8) is 0 Å². The number of alkyl halides is 3. The molecule has 0 bridgehead atoms. The molecule has 5 nitrogen and oxygen atoms in total. The van der Waals surface area contributed by atoms with E-state index in [1.165, 1.54) is 0 Å². The van der Waals surface area contributed by atoms with Gasteiger partial charge in [-0.05, 0) is 68.4 Å². The fraction of sp³-hybridized carbons (Fsp3) is 0.524. The van der Waals surface area contributed by atoms with Gasteiger partial charge in [0.25, 0.3) is 0 Å². The summed E-state index contributed by atoms with van der Waals surface area (Å²) in [5, 5.41) is 2.99. The van der Waals surface area contributed by atoms with E-state index < -0.39 is 11.7 Å². The zero-order valence-corrected chi connectivity index (χ0v) is 16.4. The highest BCUT2D eigenvalue weighted by Crippen LogP contribution is 2.34. The summed E-state index contributed by atoms with van der Waals surface area (Å²) < 4.78 is 44.6. The molecule has 1 N–H and O–H groups in total. The average molecular weight is 406 g/mol. The molecule has 2 fully saturated rings.